The first kappa shape index (κ1) is 27.1. The van der Waals surface area contributed by atoms with Gasteiger partial charge in [-0.3, -0.25) is 14.4 Å². The van der Waals surface area contributed by atoms with Crippen molar-refractivity contribution in [2.45, 2.75) is 44.3 Å². The molecule has 4 rings (SSSR count). The number of carbonyl (C=O) groups is 3. The third-order valence-electron chi connectivity index (χ3n) is 6.70. The number of carbonyl (C=O) groups excluding carboxylic acids is 3. The van der Waals surface area contributed by atoms with E-state index in [0.717, 1.165) is 30.1 Å². The fraction of sp³-hybridized carbons (Fsp3) is 0.480. The molecule has 2 aromatic rings. The summed E-state index contributed by atoms with van der Waals surface area (Å²) >= 11 is 6.73. The van der Waals surface area contributed by atoms with Gasteiger partial charge < -0.3 is 25.8 Å². The van der Waals surface area contributed by atoms with Gasteiger partial charge in [-0.15, -0.1) is 11.3 Å². The third kappa shape index (κ3) is 6.68. The number of hydrogen-bond acceptors (Lipinski definition) is 7. The van der Waals surface area contributed by atoms with Crippen LogP contribution in [-0.4, -0.2) is 77.3 Å². The first-order chi connectivity index (χ1) is 17.6. The van der Waals surface area contributed by atoms with E-state index in [9.17, 15) is 18.8 Å². The quantitative estimate of drug-likeness (QED) is 0.494. The Morgan fingerprint density at radius 1 is 1.14 bits per heavy atom. The number of nitrogens with one attached hydrogen (secondary N) is 3. The van der Waals surface area contributed by atoms with E-state index >= 15 is 0 Å². The molecule has 1 aliphatic carbocycles. The molecule has 0 bridgehead atoms. The number of thiocarbonyl (C=S) groups is 1. The van der Waals surface area contributed by atoms with Gasteiger partial charge >= 0.3 is 0 Å². The molecule has 12 heteroatoms. The van der Waals surface area contributed by atoms with Crippen LogP contribution in [-0.2, 0) is 22.6 Å². The standard InChI is InChI=1S/C25H31FN6O3S2/c1-31(2)25(35)14-4-9-17(29-23(36)21(33)27-16-7-5-15(26)6-8-16)19(12-14)28-22(34)24-30-18-10-11-32(3)13-20(18)37-24/h5-8,14,17,19H,4,9-13H2,1-3H3,(H,27,33)(H,28,34)(H,29,36)/t14-,17-,19+/m0/s1. The van der Waals surface area contributed by atoms with E-state index in [2.05, 4.69) is 25.8 Å². The summed E-state index contributed by atoms with van der Waals surface area (Å²) < 4.78 is 13.2. The molecule has 0 unspecified atom stereocenters. The average molecular weight is 547 g/mol. The van der Waals surface area contributed by atoms with Crippen LogP contribution in [0.15, 0.2) is 24.3 Å². The molecule has 3 atom stereocenters. The first-order valence-electron chi connectivity index (χ1n) is 12.2. The second-order valence-electron chi connectivity index (χ2n) is 9.74. The topological polar surface area (TPSA) is 107 Å². The molecule has 2 heterocycles. The summed E-state index contributed by atoms with van der Waals surface area (Å²) in [6.07, 6.45) is 2.36. The number of likely N-dealkylation sites (N-methyl/N-ethyl adjacent to an activating group) is 1. The predicted octanol–water partition coefficient (Wildman–Crippen LogP) is 2.18. The van der Waals surface area contributed by atoms with Crippen LogP contribution in [0.5, 0.6) is 0 Å². The number of aromatic nitrogens is 1. The number of fused-ring (bicyclic) bond motifs is 1. The third-order valence-corrected chi connectivity index (χ3v) is 8.08. The molecule has 1 fully saturated rings. The van der Waals surface area contributed by atoms with Crippen LogP contribution in [0.4, 0.5) is 10.1 Å². The predicted molar refractivity (Wildman–Crippen MR) is 144 cm³/mol. The van der Waals surface area contributed by atoms with Gasteiger partial charge in [0.1, 0.15) is 5.82 Å². The molecule has 3 amide bonds. The molecule has 0 spiro atoms. The van der Waals surface area contributed by atoms with Crippen LogP contribution in [0.1, 0.15) is 39.6 Å². The van der Waals surface area contributed by atoms with Gasteiger partial charge in [0.05, 0.1) is 11.7 Å². The van der Waals surface area contributed by atoms with Crippen molar-refractivity contribution in [1.29, 1.82) is 0 Å². The summed E-state index contributed by atoms with van der Waals surface area (Å²) in [5.74, 6) is -1.48. The smallest absolute Gasteiger partial charge is 0.283 e. The van der Waals surface area contributed by atoms with Crippen molar-refractivity contribution in [3.8, 4) is 0 Å². The molecular weight excluding hydrogens is 515 g/mol. The van der Waals surface area contributed by atoms with Crippen LogP contribution >= 0.6 is 23.6 Å². The van der Waals surface area contributed by atoms with Gasteiger partial charge in [-0.25, -0.2) is 9.37 Å². The second-order valence-corrected chi connectivity index (χ2v) is 11.2. The molecule has 2 aliphatic rings. The van der Waals surface area contributed by atoms with Gasteiger partial charge in [-0.1, -0.05) is 12.2 Å². The highest BCUT2D eigenvalue weighted by Crippen LogP contribution is 2.28. The monoisotopic (exact) mass is 546 g/mol. The maximum atomic E-state index is 13.2. The van der Waals surface area contributed by atoms with E-state index in [0.29, 0.717) is 30.0 Å². The van der Waals surface area contributed by atoms with Crippen LogP contribution < -0.4 is 16.0 Å². The molecule has 198 valence electrons. The molecule has 1 aromatic carbocycles. The Morgan fingerprint density at radius 2 is 1.86 bits per heavy atom. The summed E-state index contributed by atoms with van der Waals surface area (Å²) in [5.41, 5.74) is 1.38. The minimum absolute atomic E-state index is 0.00192. The maximum absolute atomic E-state index is 13.2. The number of benzene rings is 1. The Bertz CT molecular complexity index is 1190. The number of thiazole rings is 1. The Morgan fingerprint density at radius 3 is 2.57 bits per heavy atom. The molecule has 1 aromatic heterocycles. The van der Waals surface area contributed by atoms with Crippen LogP contribution in [0.2, 0.25) is 0 Å². The van der Waals surface area contributed by atoms with Crippen LogP contribution in [0, 0.1) is 11.7 Å². The summed E-state index contributed by atoms with van der Waals surface area (Å²) in [4.78, 5) is 47.9. The highest BCUT2D eigenvalue weighted by atomic mass is 32.1. The maximum Gasteiger partial charge on any atom is 0.283 e. The number of amides is 3. The van der Waals surface area contributed by atoms with Crippen molar-refractivity contribution in [3.63, 3.8) is 0 Å². The van der Waals surface area contributed by atoms with Gasteiger partial charge in [-0.05, 0) is 50.6 Å². The zero-order valence-corrected chi connectivity index (χ0v) is 22.7. The number of hydrogen-bond donors (Lipinski definition) is 3. The lowest BCUT2D eigenvalue weighted by atomic mass is 9.81. The number of halogens is 1. The lowest BCUT2D eigenvalue weighted by Gasteiger charge is -2.37. The lowest BCUT2D eigenvalue weighted by molar-refractivity contribution is -0.134. The van der Waals surface area contributed by atoms with E-state index in [-0.39, 0.29) is 28.8 Å². The number of nitrogens with zero attached hydrogens (tertiary/aromatic N) is 3. The molecular formula is C25H31FN6O3S2. The van der Waals surface area contributed by atoms with E-state index in [1.165, 1.54) is 35.6 Å². The molecule has 1 aliphatic heterocycles. The molecule has 1 saturated carbocycles. The van der Waals surface area contributed by atoms with Gasteiger partial charge in [0.2, 0.25) is 5.91 Å². The Balaban J connectivity index is 1.45. The largest absolute Gasteiger partial charge is 0.367 e. The van der Waals surface area contributed by atoms with Gasteiger partial charge in [0, 0.05) is 56.1 Å². The fourth-order valence-electron chi connectivity index (χ4n) is 4.70. The second kappa shape index (κ2) is 11.6. The van der Waals surface area contributed by atoms with Crippen molar-refractivity contribution < 1.29 is 18.8 Å². The minimum atomic E-state index is -0.533. The molecule has 0 saturated heterocycles. The van der Waals surface area contributed by atoms with E-state index in [4.69, 9.17) is 12.2 Å². The van der Waals surface area contributed by atoms with E-state index < -0.39 is 17.8 Å². The Kier molecular flexibility index (Phi) is 8.50. The number of rotatable bonds is 5. The minimum Gasteiger partial charge on any atom is -0.367 e. The SMILES string of the molecule is CN1CCc2nc(C(=O)N[C@@H]3C[C@@H](C(=O)N(C)C)CC[C@@H]3NC(=S)C(=O)Nc3ccc(F)cc3)sc2C1. The van der Waals surface area contributed by atoms with Crippen molar-refractivity contribution in [3.05, 3.63) is 45.7 Å². The summed E-state index contributed by atoms with van der Waals surface area (Å²) in [7, 11) is 5.47. The summed E-state index contributed by atoms with van der Waals surface area (Å²) in [6.45, 7) is 1.67. The van der Waals surface area contributed by atoms with Crippen LogP contribution in [0.25, 0.3) is 0 Å². The normalized spacial score (nSPS) is 21.5. The average Bonchev–Trinajstić information content (AvgIpc) is 3.29. The fourth-order valence-corrected chi connectivity index (χ4v) is 5.99. The summed E-state index contributed by atoms with van der Waals surface area (Å²) in [5, 5.41) is 9.18. The van der Waals surface area contributed by atoms with E-state index in [1.54, 1.807) is 19.0 Å². The molecule has 3 N–H and O–H groups in total. The highest BCUT2D eigenvalue weighted by molar-refractivity contribution is 7.82. The molecule has 0 radical (unpaired) electrons. The molecule has 9 nitrogen and oxygen atoms in total. The van der Waals surface area contributed by atoms with E-state index in [1.807, 2.05) is 7.05 Å². The summed E-state index contributed by atoms with van der Waals surface area (Å²) in [6, 6.07) is 4.60. The Hall–Kier alpha value is -2.96. The number of anilines is 1. The lowest BCUT2D eigenvalue weighted by Crippen LogP contribution is -2.56. The zero-order valence-electron chi connectivity index (χ0n) is 21.0. The first-order valence-corrected chi connectivity index (χ1v) is 13.4. The van der Waals surface area contributed by atoms with Crippen molar-refractivity contribution >= 4 is 52.0 Å². The Labute approximate surface area is 224 Å². The van der Waals surface area contributed by atoms with Crippen molar-refractivity contribution in [1.82, 2.24) is 25.4 Å². The highest BCUT2D eigenvalue weighted by Gasteiger charge is 2.37. The van der Waals surface area contributed by atoms with Gasteiger partial charge in [0.15, 0.2) is 10.00 Å². The molecule has 37 heavy (non-hydrogen) atoms. The van der Waals surface area contributed by atoms with Gasteiger partial charge in [0.25, 0.3) is 11.8 Å². The zero-order chi connectivity index (χ0) is 26.7. The van der Waals surface area contributed by atoms with Crippen LogP contribution in [0.3, 0.4) is 0 Å². The van der Waals surface area contributed by atoms with Gasteiger partial charge in [-0.2, -0.15) is 0 Å². The van der Waals surface area contributed by atoms with Crippen molar-refractivity contribution in [2.75, 3.05) is 33.0 Å². The van der Waals surface area contributed by atoms with Crippen molar-refractivity contribution in [2.24, 2.45) is 5.92 Å².